The molecule has 0 spiro atoms. The van der Waals surface area contributed by atoms with Crippen molar-refractivity contribution in [1.29, 1.82) is 0 Å². The Labute approximate surface area is 164 Å². The minimum atomic E-state index is -0.131. The number of hydrogen-bond acceptors (Lipinski definition) is 3. The first-order chi connectivity index (χ1) is 13.7. The second kappa shape index (κ2) is 7.50. The first-order valence-corrected chi connectivity index (χ1v) is 9.94. The van der Waals surface area contributed by atoms with E-state index in [9.17, 15) is 4.79 Å². The largest absolute Gasteiger partial charge is 0.420 e. The van der Waals surface area contributed by atoms with Crippen molar-refractivity contribution in [2.75, 3.05) is 13.1 Å². The lowest BCUT2D eigenvalue weighted by molar-refractivity contribution is -0.122. The molecule has 0 unspecified atom stereocenters. The summed E-state index contributed by atoms with van der Waals surface area (Å²) < 4.78 is 8.10. The lowest BCUT2D eigenvalue weighted by Gasteiger charge is -2.08. The summed E-state index contributed by atoms with van der Waals surface area (Å²) in [6, 6.07) is 15.1. The van der Waals surface area contributed by atoms with Crippen LogP contribution < -0.4 is 0 Å². The van der Waals surface area contributed by atoms with Gasteiger partial charge in [0.15, 0.2) is 5.76 Å². The standard InChI is InChI=1S/C23H25N3O2/c1-4-13-24-23-26(6-3)22(27)21(28-23)15-16-11-12-20-18(14-16)17-9-7-8-10-19(17)25(20)5-2/h7-12,14-15H,4-6,13H2,1-3H3/b21-15+,24-23?. The van der Waals surface area contributed by atoms with Gasteiger partial charge in [-0.2, -0.15) is 0 Å². The third-order valence-corrected chi connectivity index (χ3v) is 5.09. The Morgan fingerprint density at radius 3 is 2.54 bits per heavy atom. The molecule has 4 rings (SSSR count). The maximum Gasteiger partial charge on any atom is 0.300 e. The van der Waals surface area contributed by atoms with Gasteiger partial charge >= 0.3 is 0 Å². The number of rotatable bonds is 5. The molecule has 1 fully saturated rings. The molecule has 5 heteroatoms. The number of aliphatic imine (C=N–C) groups is 1. The van der Waals surface area contributed by atoms with E-state index in [2.05, 4.69) is 59.8 Å². The van der Waals surface area contributed by atoms with E-state index >= 15 is 0 Å². The van der Waals surface area contributed by atoms with Crippen molar-refractivity contribution in [2.24, 2.45) is 4.99 Å². The van der Waals surface area contributed by atoms with Gasteiger partial charge in [-0.05, 0) is 50.1 Å². The molecular weight excluding hydrogens is 350 g/mol. The van der Waals surface area contributed by atoms with Crippen LogP contribution in [0.5, 0.6) is 0 Å². The fraction of sp³-hybridized carbons (Fsp3) is 0.304. The quantitative estimate of drug-likeness (QED) is 0.601. The van der Waals surface area contributed by atoms with Gasteiger partial charge in [0.2, 0.25) is 0 Å². The van der Waals surface area contributed by atoms with Gasteiger partial charge in [0.25, 0.3) is 11.9 Å². The second-order valence-corrected chi connectivity index (χ2v) is 6.86. The molecule has 144 valence electrons. The van der Waals surface area contributed by atoms with E-state index in [0.29, 0.717) is 24.9 Å². The molecule has 0 atom stereocenters. The normalized spacial score (nSPS) is 17.4. The Bertz CT molecular complexity index is 1110. The zero-order valence-electron chi connectivity index (χ0n) is 16.6. The van der Waals surface area contributed by atoms with Gasteiger partial charge in [-0.1, -0.05) is 31.2 Å². The van der Waals surface area contributed by atoms with Crippen LogP contribution in [0.15, 0.2) is 53.2 Å². The molecule has 1 aliphatic rings. The van der Waals surface area contributed by atoms with E-state index in [4.69, 9.17) is 4.74 Å². The smallest absolute Gasteiger partial charge is 0.300 e. The number of amidine groups is 1. The molecule has 0 radical (unpaired) electrons. The van der Waals surface area contributed by atoms with E-state index in [1.54, 1.807) is 4.90 Å². The minimum absolute atomic E-state index is 0.131. The van der Waals surface area contributed by atoms with Gasteiger partial charge in [-0.15, -0.1) is 0 Å². The van der Waals surface area contributed by atoms with Crippen LogP contribution in [0.3, 0.4) is 0 Å². The van der Waals surface area contributed by atoms with E-state index < -0.39 is 0 Å². The molecule has 1 amide bonds. The molecule has 0 bridgehead atoms. The lowest BCUT2D eigenvalue weighted by Crippen LogP contribution is -2.29. The Kier molecular flexibility index (Phi) is 4.90. The SMILES string of the molecule is CCCN=C1O/C(=C/c2ccc3c(c2)c2ccccc2n3CC)C(=O)N1CC. The highest BCUT2D eigenvalue weighted by molar-refractivity contribution is 6.12. The predicted octanol–water partition coefficient (Wildman–Crippen LogP) is 4.80. The van der Waals surface area contributed by atoms with Crippen LogP contribution in [-0.2, 0) is 16.1 Å². The third-order valence-electron chi connectivity index (χ3n) is 5.09. The molecule has 3 aromatic rings. The molecule has 2 heterocycles. The van der Waals surface area contributed by atoms with Gasteiger partial charge in [-0.3, -0.25) is 9.69 Å². The van der Waals surface area contributed by atoms with E-state index in [1.807, 2.05) is 19.1 Å². The Balaban J connectivity index is 1.78. The van der Waals surface area contributed by atoms with Crippen molar-refractivity contribution >= 4 is 39.8 Å². The molecular formula is C23H25N3O2. The first kappa shape index (κ1) is 18.3. The van der Waals surface area contributed by atoms with Gasteiger partial charge in [-0.25, -0.2) is 4.99 Å². The Morgan fingerprint density at radius 2 is 1.79 bits per heavy atom. The van der Waals surface area contributed by atoms with E-state index in [-0.39, 0.29) is 5.91 Å². The topological polar surface area (TPSA) is 46.8 Å². The molecule has 1 saturated heterocycles. The number of nitrogens with zero attached hydrogens (tertiary/aromatic N) is 3. The summed E-state index contributed by atoms with van der Waals surface area (Å²) >= 11 is 0. The van der Waals surface area contributed by atoms with Crippen LogP contribution in [0.2, 0.25) is 0 Å². The van der Waals surface area contributed by atoms with Gasteiger partial charge in [0, 0.05) is 41.4 Å². The Hall–Kier alpha value is -3.08. The lowest BCUT2D eigenvalue weighted by atomic mass is 10.1. The maximum atomic E-state index is 12.7. The number of carbonyl (C=O) groups excluding carboxylic acids is 1. The number of aryl methyl sites for hydroxylation is 1. The maximum absolute atomic E-state index is 12.7. The number of fused-ring (bicyclic) bond motifs is 3. The second-order valence-electron chi connectivity index (χ2n) is 6.86. The number of amides is 1. The highest BCUT2D eigenvalue weighted by Gasteiger charge is 2.33. The van der Waals surface area contributed by atoms with Gasteiger partial charge < -0.3 is 9.30 Å². The zero-order chi connectivity index (χ0) is 19.7. The van der Waals surface area contributed by atoms with Gasteiger partial charge in [0.1, 0.15) is 0 Å². The van der Waals surface area contributed by atoms with Crippen molar-refractivity contribution in [1.82, 2.24) is 9.47 Å². The van der Waals surface area contributed by atoms with E-state index in [0.717, 1.165) is 18.5 Å². The van der Waals surface area contributed by atoms with Crippen molar-refractivity contribution < 1.29 is 9.53 Å². The summed E-state index contributed by atoms with van der Waals surface area (Å²) in [6.07, 6.45) is 2.73. The number of para-hydroxylation sites is 1. The van der Waals surface area contributed by atoms with Crippen molar-refractivity contribution in [2.45, 2.75) is 33.7 Å². The summed E-state index contributed by atoms with van der Waals surface area (Å²) in [7, 11) is 0. The summed E-state index contributed by atoms with van der Waals surface area (Å²) in [5.74, 6) is 0.198. The van der Waals surface area contributed by atoms with Crippen molar-refractivity contribution in [3.8, 4) is 0 Å². The summed E-state index contributed by atoms with van der Waals surface area (Å²) in [4.78, 5) is 18.7. The summed E-state index contributed by atoms with van der Waals surface area (Å²) in [5, 5.41) is 2.41. The molecule has 0 saturated carbocycles. The zero-order valence-corrected chi connectivity index (χ0v) is 16.6. The van der Waals surface area contributed by atoms with Crippen LogP contribution in [0, 0.1) is 0 Å². The summed E-state index contributed by atoms with van der Waals surface area (Å²) in [6.45, 7) is 8.24. The number of likely N-dealkylation sites (N-methyl/N-ethyl adjacent to an activating group) is 1. The molecule has 1 aromatic heterocycles. The Morgan fingerprint density at radius 1 is 1.00 bits per heavy atom. The number of benzene rings is 2. The van der Waals surface area contributed by atoms with Crippen LogP contribution in [0.4, 0.5) is 0 Å². The van der Waals surface area contributed by atoms with Crippen molar-refractivity contribution in [3.05, 3.63) is 53.8 Å². The van der Waals surface area contributed by atoms with Crippen LogP contribution >= 0.6 is 0 Å². The molecule has 2 aromatic carbocycles. The predicted molar refractivity (Wildman–Crippen MR) is 114 cm³/mol. The molecule has 0 aliphatic carbocycles. The minimum Gasteiger partial charge on any atom is -0.420 e. The molecule has 5 nitrogen and oxygen atoms in total. The average molecular weight is 375 g/mol. The highest BCUT2D eigenvalue weighted by atomic mass is 16.5. The monoisotopic (exact) mass is 375 g/mol. The number of ether oxygens (including phenoxy) is 1. The number of aromatic nitrogens is 1. The number of carbonyl (C=O) groups is 1. The van der Waals surface area contributed by atoms with Crippen LogP contribution in [0.25, 0.3) is 27.9 Å². The fourth-order valence-corrected chi connectivity index (χ4v) is 3.77. The van der Waals surface area contributed by atoms with Crippen LogP contribution in [0.1, 0.15) is 32.8 Å². The van der Waals surface area contributed by atoms with Crippen molar-refractivity contribution in [3.63, 3.8) is 0 Å². The van der Waals surface area contributed by atoms with Gasteiger partial charge in [0.05, 0.1) is 0 Å². The summed E-state index contributed by atoms with van der Waals surface area (Å²) in [5.41, 5.74) is 3.37. The fourth-order valence-electron chi connectivity index (χ4n) is 3.77. The molecule has 0 N–H and O–H groups in total. The number of hydrogen-bond donors (Lipinski definition) is 0. The van der Waals surface area contributed by atoms with E-state index in [1.165, 1.54) is 21.8 Å². The first-order valence-electron chi connectivity index (χ1n) is 9.94. The van der Waals surface area contributed by atoms with Crippen LogP contribution in [-0.4, -0.2) is 34.5 Å². The molecule has 28 heavy (non-hydrogen) atoms. The molecule has 1 aliphatic heterocycles. The third kappa shape index (κ3) is 2.97. The average Bonchev–Trinajstić information content (AvgIpc) is 3.20. The highest BCUT2D eigenvalue weighted by Crippen LogP contribution is 2.30.